The summed E-state index contributed by atoms with van der Waals surface area (Å²) < 4.78 is 0. The molecular formula is C11H21NO2. The zero-order chi connectivity index (χ0) is 10.9. The average molecular weight is 199 g/mol. The van der Waals surface area contributed by atoms with Gasteiger partial charge >= 0.3 is 5.97 Å². The van der Waals surface area contributed by atoms with Crippen LogP contribution in [-0.2, 0) is 4.79 Å². The first-order valence-corrected chi connectivity index (χ1v) is 5.34. The molecule has 0 aromatic heterocycles. The number of hydrogen-bond donors (Lipinski definition) is 1. The Balaban J connectivity index is 2.62. The predicted molar refractivity (Wildman–Crippen MR) is 56.3 cm³/mol. The summed E-state index contributed by atoms with van der Waals surface area (Å²) in [5.74, 6) is -0.727. The average Bonchev–Trinajstić information content (AvgIpc) is 2.79. The molecule has 0 radical (unpaired) electrons. The van der Waals surface area contributed by atoms with Gasteiger partial charge in [0.1, 0.15) is 0 Å². The predicted octanol–water partition coefficient (Wildman–Crippen LogP) is 1.97. The molecule has 1 aliphatic carbocycles. The minimum absolute atomic E-state index is 0.161. The van der Waals surface area contributed by atoms with Gasteiger partial charge in [-0.2, -0.15) is 0 Å². The van der Waals surface area contributed by atoms with Crippen molar-refractivity contribution in [3.05, 3.63) is 0 Å². The molecule has 82 valence electrons. The molecule has 0 amide bonds. The Morgan fingerprint density at radius 2 is 1.93 bits per heavy atom. The van der Waals surface area contributed by atoms with Gasteiger partial charge in [-0.15, -0.1) is 0 Å². The van der Waals surface area contributed by atoms with Crippen LogP contribution in [0.5, 0.6) is 0 Å². The van der Waals surface area contributed by atoms with Crippen molar-refractivity contribution in [1.29, 1.82) is 0 Å². The van der Waals surface area contributed by atoms with Crippen LogP contribution in [0.25, 0.3) is 0 Å². The van der Waals surface area contributed by atoms with Crippen LogP contribution < -0.4 is 0 Å². The van der Waals surface area contributed by atoms with Crippen molar-refractivity contribution in [2.75, 3.05) is 6.54 Å². The SMILES string of the molecule is CC(C)N(CC(=O)O)C(C)C1(C)CC1. The van der Waals surface area contributed by atoms with Crippen LogP contribution in [0, 0.1) is 5.41 Å². The Kier molecular flexibility index (Phi) is 3.20. The Labute approximate surface area is 86.1 Å². The molecule has 0 saturated heterocycles. The monoisotopic (exact) mass is 199 g/mol. The van der Waals surface area contributed by atoms with E-state index in [0.717, 1.165) is 0 Å². The van der Waals surface area contributed by atoms with E-state index < -0.39 is 5.97 Å². The maximum absolute atomic E-state index is 10.7. The second-order valence-corrected chi connectivity index (χ2v) is 4.99. The third kappa shape index (κ3) is 2.47. The molecule has 0 spiro atoms. The maximum Gasteiger partial charge on any atom is 0.317 e. The fraction of sp³-hybridized carbons (Fsp3) is 0.909. The van der Waals surface area contributed by atoms with Gasteiger partial charge in [0.2, 0.25) is 0 Å². The molecule has 0 aromatic carbocycles. The van der Waals surface area contributed by atoms with E-state index in [1.54, 1.807) is 0 Å². The number of nitrogens with zero attached hydrogens (tertiary/aromatic N) is 1. The Morgan fingerprint density at radius 3 is 2.21 bits per heavy atom. The van der Waals surface area contributed by atoms with E-state index in [1.165, 1.54) is 12.8 Å². The summed E-state index contributed by atoms with van der Waals surface area (Å²) in [6.45, 7) is 8.68. The molecule has 3 nitrogen and oxygen atoms in total. The fourth-order valence-corrected chi connectivity index (χ4v) is 1.94. The molecule has 0 bridgehead atoms. The van der Waals surface area contributed by atoms with Crippen LogP contribution in [0.2, 0.25) is 0 Å². The molecule has 1 saturated carbocycles. The van der Waals surface area contributed by atoms with E-state index in [9.17, 15) is 4.79 Å². The van der Waals surface area contributed by atoms with E-state index in [2.05, 4.69) is 32.6 Å². The number of aliphatic carboxylic acids is 1. The van der Waals surface area contributed by atoms with Gasteiger partial charge in [-0.25, -0.2) is 0 Å². The Hall–Kier alpha value is -0.570. The van der Waals surface area contributed by atoms with E-state index >= 15 is 0 Å². The van der Waals surface area contributed by atoms with E-state index in [0.29, 0.717) is 17.5 Å². The second kappa shape index (κ2) is 3.89. The molecule has 1 aliphatic rings. The summed E-state index contributed by atoms with van der Waals surface area (Å²) in [4.78, 5) is 12.8. The minimum Gasteiger partial charge on any atom is -0.480 e. The third-order valence-electron chi connectivity index (χ3n) is 3.53. The van der Waals surface area contributed by atoms with Crippen LogP contribution in [0.3, 0.4) is 0 Å². The summed E-state index contributed by atoms with van der Waals surface area (Å²) in [5.41, 5.74) is 0.361. The van der Waals surface area contributed by atoms with Crippen molar-refractivity contribution in [3.8, 4) is 0 Å². The Bertz CT molecular complexity index is 221. The molecule has 1 atom stereocenters. The topological polar surface area (TPSA) is 40.5 Å². The highest BCUT2D eigenvalue weighted by atomic mass is 16.4. The number of carboxylic acid groups (broad SMARTS) is 1. The minimum atomic E-state index is -0.727. The molecular weight excluding hydrogens is 178 g/mol. The van der Waals surface area contributed by atoms with Gasteiger partial charge in [0.25, 0.3) is 0 Å². The smallest absolute Gasteiger partial charge is 0.317 e. The first-order chi connectivity index (χ1) is 6.37. The van der Waals surface area contributed by atoms with Crippen molar-refractivity contribution in [3.63, 3.8) is 0 Å². The van der Waals surface area contributed by atoms with Crippen molar-refractivity contribution in [2.24, 2.45) is 5.41 Å². The van der Waals surface area contributed by atoms with Crippen LogP contribution in [-0.4, -0.2) is 34.6 Å². The van der Waals surface area contributed by atoms with Gasteiger partial charge in [0.15, 0.2) is 0 Å². The molecule has 0 heterocycles. The van der Waals surface area contributed by atoms with Crippen LogP contribution in [0.4, 0.5) is 0 Å². The van der Waals surface area contributed by atoms with Gasteiger partial charge in [-0.3, -0.25) is 9.69 Å². The van der Waals surface area contributed by atoms with E-state index in [1.807, 2.05) is 0 Å². The summed E-state index contributed by atoms with van der Waals surface area (Å²) in [6, 6.07) is 0.678. The lowest BCUT2D eigenvalue weighted by molar-refractivity contribution is -0.139. The Morgan fingerprint density at radius 1 is 1.43 bits per heavy atom. The van der Waals surface area contributed by atoms with E-state index in [-0.39, 0.29) is 6.54 Å². The van der Waals surface area contributed by atoms with Crippen molar-refractivity contribution in [2.45, 2.75) is 52.6 Å². The van der Waals surface area contributed by atoms with Gasteiger partial charge in [0, 0.05) is 12.1 Å². The summed E-state index contributed by atoms with van der Waals surface area (Å²) in [5, 5.41) is 8.83. The van der Waals surface area contributed by atoms with Crippen LogP contribution in [0.15, 0.2) is 0 Å². The highest BCUT2D eigenvalue weighted by molar-refractivity contribution is 5.69. The summed E-state index contributed by atoms with van der Waals surface area (Å²) in [6.07, 6.45) is 2.47. The number of carboxylic acids is 1. The lowest BCUT2D eigenvalue weighted by Gasteiger charge is -2.35. The molecule has 0 aliphatic heterocycles. The third-order valence-corrected chi connectivity index (χ3v) is 3.53. The maximum atomic E-state index is 10.7. The normalized spacial score (nSPS) is 21.3. The van der Waals surface area contributed by atoms with Crippen molar-refractivity contribution < 1.29 is 9.90 Å². The standard InChI is InChI=1S/C11H21NO2/c1-8(2)12(7-10(13)14)9(3)11(4)5-6-11/h8-9H,5-7H2,1-4H3,(H,13,14). The van der Waals surface area contributed by atoms with Gasteiger partial charge < -0.3 is 5.11 Å². The summed E-state index contributed by atoms with van der Waals surface area (Å²) in [7, 11) is 0. The van der Waals surface area contributed by atoms with Gasteiger partial charge in [-0.05, 0) is 39.0 Å². The zero-order valence-corrected chi connectivity index (χ0v) is 9.58. The highest BCUT2D eigenvalue weighted by Gasteiger charge is 2.45. The molecule has 3 heteroatoms. The first-order valence-electron chi connectivity index (χ1n) is 5.34. The van der Waals surface area contributed by atoms with Crippen molar-refractivity contribution in [1.82, 2.24) is 4.90 Å². The number of carbonyl (C=O) groups is 1. The number of rotatable bonds is 5. The molecule has 14 heavy (non-hydrogen) atoms. The largest absolute Gasteiger partial charge is 0.480 e. The fourth-order valence-electron chi connectivity index (χ4n) is 1.94. The molecule has 0 aromatic rings. The zero-order valence-electron chi connectivity index (χ0n) is 9.58. The van der Waals surface area contributed by atoms with Crippen LogP contribution in [0.1, 0.15) is 40.5 Å². The summed E-state index contributed by atoms with van der Waals surface area (Å²) >= 11 is 0. The van der Waals surface area contributed by atoms with Crippen LogP contribution >= 0.6 is 0 Å². The highest BCUT2D eigenvalue weighted by Crippen LogP contribution is 2.50. The molecule has 1 rings (SSSR count). The van der Waals surface area contributed by atoms with Crippen molar-refractivity contribution >= 4 is 5.97 Å². The first kappa shape index (κ1) is 11.5. The second-order valence-electron chi connectivity index (χ2n) is 4.99. The molecule has 1 fully saturated rings. The van der Waals surface area contributed by atoms with E-state index in [4.69, 9.17) is 5.11 Å². The van der Waals surface area contributed by atoms with Gasteiger partial charge in [-0.1, -0.05) is 6.92 Å². The quantitative estimate of drug-likeness (QED) is 0.736. The molecule has 1 N–H and O–H groups in total. The molecule has 1 unspecified atom stereocenters. The number of hydrogen-bond acceptors (Lipinski definition) is 2. The lowest BCUT2D eigenvalue weighted by Crippen LogP contribution is -2.45. The van der Waals surface area contributed by atoms with Gasteiger partial charge in [0.05, 0.1) is 6.54 Å². The lowest BCUT2D eigenvalue weighted by atomic mass is 9.98.